The van der Waals surface area contributed by atoms with E-state index in [9.17, 15) is 15.3 Å². The van der Waals surface area contributed by atoms with Gasteiger partial charge in [0.1, 0.15) is 0 Å². The van der Waals surface area contributed by atoms with Gasteiger partial charge in [0, 0.05) is 11.8 Å². The first-order chi connectivity index (χ1) is 13.5. The Labute approximate surface area is 171 Å². The first-order valence-electron chi connectivity index (χ1n) is 9.22. The SMILES string of the molecule is CCC=N/C(=C\S)c1ccc(-c2ccc(C(O)CC(N)(CO)CO)cc2)cc1. The molecule has 0 spiro atoms. The molecule has 0 bridgehead atoms. The summed E-state index contributed by atoms with van der Waals surface area (Å²) in [5, 5.41) is 30.6. The number of hydrogen-bond acceptors (Lipinski definition) is 6. The number of aliphatic hydroxyl groups excluding tert-OH is 3. The summed E-state index contributed by atoms with van der Waals surface area (Å²) in [5.74, 6) is 0. The van der Waals surface area contributed by atoms with Crippen LogP contribution in [0.3, 0.4) is 0 Å². The zero-order valence-corrected chi connectivity index (χ0v) is 16.9. The van der Waals surface area contributed by atoms with Gasteiger partial charge in [-0.1, -0.05) is 55.5 Å². The largest absolute Gasteiger partial charge is 0.394 e. The third-order valence-corrected chi connectivity index (χ3v) is 4.82. The molecule has 0 aliphatic carbocycles. The lowest BCUT2D eigenvalue weighted by molar-refractivity contribution is 0.0618. The highest BCUT2D eigenvalue weighted by atomic mass is 32.1. The van der Waals surface area contributed by atoms with E-state index in [4.69, 9.17) is 5.73 Å². The summed E-state index contributed by atoms with van der Waals surface area (Å²) in [6.07, 6.45) is 1.93. The summed E-state index contributed by atoms with van der Waals surface area (Å²) < 4.78 is 0. The Morgan fingerprint density at radius 1 is 1.07 bits per heavy atom. The van der Waals surface area contributed by atoms with Crippen LogP contribution in [0.2, 0.25) is 0 Å². The van der Waals surface area contributed by atoms with Crippen LogP contribution in [0.4, 0.5) is 0 Å². The van der Waals surface area contributed by atoms with Gasteiger partial charge in [-0.05, 0) is 34.9 Å². The van der Waals surface area contributed by atoms with Crippen LogP contribution in [0.25, 0.3) is 16.8 Å². The number of nitrogens with two attached hydrogens (primary N) is 1. The lowest BCUT2D eigenvalue weighted by atomic mass is 9.91. The lowest BCUT2D eigenvalue weighted by Gasteiger charge is -2.27. The van der Waals surface area contributed by atoms with Crippen molar-refractivity contribution in [2.24, 2.45) is 10.7 Å². The number of nitrogens with zero attached hydrogens (tertiary/aromatic N) is 1. The fourth-order valence-electron chi connectivity index (χ4n) is 2.79. The smallest absolute Gasteiger partial charge is 0.0809 e. The second kappa shape index (κ2) is 10.5. The van der Waals surface area contributed by atoms with Gasteiger partial charge >= 0.3 is 0 Å². The highest BCUT2D eigenvalue weighted by Gasteiger charge is 2.27. The quantitative estimate of drug-likeness (QED) is 0.330. The van der Waals surface area contributed by atoms with E-state index in [1.54, 1.807) is 5.41 Å². The van der Waals surface area contributed by atoms with Crippen LogP contribution in [0, 0.1) is 0 Å². The van der Waals surface area contributed by atoms with Crippen molar-refractivity contribution in [3.8, 4) is 11.1 Å². The standard InChI is InChI=1S/C22H28N2O3S/c1-2-11-24-20(13-28)18-7-3-16(4-8-18)17-5-9-19(10-6-17)21(27)12-22(23,14-25)15-26/h3-11,13,21,25-28H,2,12,14-15,23H2,1H3/b20-13-,24-11?. The van der Waals surface area contributed by atoms with Crippen LogP contribution >= 0.6 is 12.6 Å². The van der Waals surface area contributed by atoms with Crippen molar-refractivity contribution >= 4 is 24.5 Å². The molecule has 0 saturated carbocycles. The molecule has 0 amide bonds. The molecule has 0 radical (unpaired) electrons. The van der Waals surface area contributed by atoms with E-state index in [1.807, 2.05) is 61.7 Å². The first-order valence-corrected chi connectivity index (χ1v) is 9.74. The average molecular weight is 401 g/mol. The normalized spacial score (nSPS) is 13.9. The summed E-state index contributed by atoms with van der Waals surface area (Å²) in [6.45, 7) is 1.25. The molecule has 2 aromatic carbocycles. The number of thiol groups is 1. The molecule has 2 rings (SSSR count). The topological polar surface area (TPSA) is 99.1 Å². The van der Waals surface area contributed by atoms with Crippen LogP contribution in [0.1, 0.15) is 37.0 Å². The van der Waals surface area contributed by atoms with Crippen molar-refractivity contribution in [2.45, 2.75) is 31.4 Å². The van der Waals surface area contributed by atoms with E-state index in [2.05, 4.69) is 17.6 Å². The monoisotopic (exact) mass is 400 g/mol. The van der Waals surface area contributed by atoms with E-state index in [0.29, 0.717) is 5.56 Å². The molecule has 1 unspecified atom stereocenters. The summed E-state index contributed by atoms with van der Waals surface area (Å²) in [6, 6.07) is 15.5. The summed E-state index contributed by atoms with van der Waals surface area (Å²) >= 11 is 4.23. The van der Waals surface area contributed by atoms with E-state index in [0.717, 1.165) is 28.8 Å². The molecule has 0 aliphatic rings. The highest BCUT2D eigenvalue weighted by molar-refractivity contribution is 7.83. The maximum atomic E-state index is 10.3. The van der Waals surface area contributed by atoms with Crippen LogP contribution in [-0.2, 0) is 0 Å². The van der Waals surface area contributed by atoms with Crippen LogP contribution in [0.5, 0.6) is 0 Å². The minimum Gasteiger partial charge on any atom is -0.394 e. The van der Waals surface area contributed by atoms with Crippen molar-refractivity contribution in [1.82, 2.24) is 0 Å². The number of aliphatic imine (C=N–C) groups is 1. The van der Waals surface area contributed by atoms with Crippen molar-refractivity contribution in [2.75, 3.05) is 13.2 Å². The maximum Gasteiger partial charge on any atom is 0.0809 e. The third-order valence-electron chi connectivity index (χ3n) is 4.57. The van der Waals surface area contributed by atoms with Gasteiger partial charge in [0.25, 0.3) is 0 Å². The van der Waals surface area contributed by atoms with Gasteiger partial charge in [0.2, 0.25) is 0 Å². The maximum absolute atomic E-state index is 10.3. The second-order valence-corrected chi connectivity index (χ2v) is 7.09. The molecule has 0 heterocycles. The molecule has 2 aromatic rings. The molecule has 150 valence electrons. The van der Waals surface area contributed by atoms with E-state index in [1.165, 1.54) is 0 Å². The Morgan fingerprint density at radius 3 is 2.07 bits per heavy atom. The molecule has 0 aromatic heterocycles. The molecule has 6 heteroatoms. The molecule has 28 heavy (non-hydrogen) atoms. The van der Waals surface area contributed by atoms with Crippen molar-refractivity contribution in [1.29, 1.82) is 0 Å². The van der Waals surface area contributed by atoms with Crippen molar-refractivity contribution in [3.05, 3.63) is 65.1 Å². The van der Waals surface area contributed by atoms with Gasteiger partial charge in [-0.3, -0.25) is 4.99 Å². The van der Waals surface area contributed by atoms with Gasteiger partial charge in [0.05, 0.1) is 30.6 Å². The van der Waals surface area contributed by atoms with Gasteiger partial charge < -0.3 is 21.1 Å². The predicted molar refractivity (Wildman–Crippen MR) is 118 cm³/mol. The van der Waals surface area contributed by atoms with E-state index in [-0.39, 0.29) is 6.42 Å². The lowest BCUT2D eigenvalue weighted by Crippen LogP contribution is -2.48. The number of aliphatic hydroxyl groups is 3. The first kappa shape index (κ1) is 22.3. The van der Waals surface area contributed by atoms with Gasteiger partial charge in [-0.25, -0.2) is 0 Å². The highest BCUT2D eigenvalue weighted by Crippen LogP contribution is 2.27. The predicted octanol–water partition coefficient (Wildman–Crippen LogP) is 3.17. The Balaban J connectivity index is 2.14. The Hall–Kier alpha value is -1.96. The van der Waals surface area contributed by atoms with E-state index < -0.39 is 24.9 Å². The minimum atomic E-state index is -1.20. The molecule has 0 saturated heterocycles. The Morgan fingerprint density at radius 2 is 1.61 bits per heavy atom. The van der Waals surface area contributed by atoms with Gasteiger partial charge in [-0.15, -0.1) is 12.6 Å². The van der Waals surface area contributed by atoms with Crippen molar-refractivity contribution < 1.29 is 15.3 Å². The fourth-order valence-corrected chi connectivity index (χ4v) is 3.00. The number of benzene rings is 2. The fraction of sp³-hybridized carbons (Fsp3) is 0.318. The summed E-state index contributed by atoms with van der Waals surface area (Å²) in [4.78, 5) is 4.39. The Bertz CT molecular complexity index is 798. The minimum absolute atomic E-state index is 0.0746. The Kier molecular flexibility index (Phi) is 8.41. The van der Waals surface area contributed by atoms with Crippen LogP contribution < -0.4 is 5.73 Å². The zero-order chi connectivity index (χ0) is 20.6. The van der Waals surface area contributed by atoms with Gasteiger partial charge in [-0.2, -0.15) is 0 Å². The molecule has 0 aliphatic heterocycles. The zero-order valence-electron chi connectivity index (χ0n) is 16.0. The molecular formula is C22H28N2O3S. The van der Waals surface area contributed by atoms with Gasteiger partial charge in [0.15, 0.2) is 0 Å². The third kappa shape index (κ3) is 5.77. The van der Waals surface area contributed by atoms with Crippen molar-refractivity contribution in [3.63, 3.8) is 0 Å². The molecule has 5 nitrogen and oxygen atoms in total. The number of rotatable bonds is 9. The molecular weight excluding hydrogens is 372 g/mol. The summed E-state index contributed by atoms with van der Waals surface area (Å²) in [5.41, 5.74) is 9.20. The second-order valence-electron chi connectivity index (χ2n) is 6.83. The van der Waals surface area contributed by atoms with E-state index >= 15 is 0 Å². The molecule has 5 N–H and O–H groups in total. The summed E-state index contributed by atoms with van der Waals surface area (Å²) in [7, 11) is 0. The average Bonchev–Trinajstić information content (AvgIpc) is 2.74. The molecule has 0 fully saturated rings. The van der Waals surface area contributed by atoms with Crippen LogP contribution in [0.15, 0.2) is 58.9 Å². The molecule has 1 atom stereocenters. The van der Waals surface area contributed by atoms with Crippen LogP contribution in [-0.4, -0.2) is 40.3 Å². The number of hydrogen-bond donors (Lipinski definition) is 5.